The van der Waals surface area contributed by atoms with Crippen molar-refractivity contribution >= 4 is 17.8 Å². The molecule has 162 valence electrons. The lowest BCUT2D eigenvalue weighted by molar-refractivity contribution is -0.155. The highest BCUT2D eigenvalue weighted by Crippen LogP contribution is 2.21. The molecule has 0 bridgehead atoms. The molecule has 8 nitrogen and oxygen atoms in total. The summed E-state index contributed by atoms with van der Waals surface area (Å²) in [6.45, 7) is 14.0. The normalized spacial score (nSPS) is 20.7. The van der Waals surface area contributed by atoms with Gasteiger partial charge in [0.2, 0.25) is 11.8 Å². The highest BCUT2D eigenvalue weighted by Gasteiger charge is 2.39. The highest BCUT2D eigenvalue weighted by molar-refractivity contribution is 5.92. The number of likely N-dealkylation sites (N-methyl/N-ethyl adjacent to an activating group) is 1. The van der Waals surface area contributed by atoms with E-state index in [9.17, 15) is 19.5 Å². The number of rotatable bonds is 8. The van der Waals surface area contributed by atoms with Crippen molar-refractivity contribution in [2.24, 2.45) is 11.3 Å². The molecule has 1 aliphatic heterocycles. The van der Waals surface area contributed by atoms with Gasteiger partial charge in [-0.3, -0.25) is 14.5 Å². The number of carboxylic acid groups (broad SMARTS) is 1. The van der Waals surface area contributed by atoms with Gasteiger partial charge in [-0.05, 0) is 38.3 Å². The first kappa shape index (κ1) is 24.4. The van der Waals surface area contributed by atoms with Crippen LogP contribution in [-0.4, -0.2) is 84.0 Å². The number of carboxylic acids is 1. The largest absolute Gasteiger partial charge is 0.480 e. The van der Waals surface area contributed by atoms with Crippen LogP contribution in [0.2, 0.25) is 0 Å². The standard InChI is InChI=1S/C20H38N4O4/c1-13(2)16(22-17(25)14(3)21-7)18(26)24-11-10-23(9-8-20(4,5)6)12-15(24)19(27)28/h13-16,21H,8-12H2,1-7H3,(H,22,25)(H,27,28)/t14-,15-,16-/m0/s1. The van der Waals surface area contributed by atoms with Crippen LogP contribution in [0.15, 0.2) is 0 Å². The van der Waals surface area contributed by atoms with E-state index in [1.165, 1.54) is 4.90 Å². The van der Waals surface area contributed by atoms with Gasteiger partial charge < -0.3 is 20.6 Å². The molecule has 8 heteroatoms. The maximum atomic E-state index is 13.1. The summed E-state index contributed by atoms with van der Waals surface area (Å²) in [5.41, 5.74) is 0.169. The second-order valence-electron chi connectivity index (χ2n) is 9.24. The Morgan fingerprint density at radius 1 is 1.14 bits per heavy atom. The molecule has 3 N–H and O–H groups in total. The quantitative estimate of drug-likeness (QED) is 0.558. The highest BCUT2D eigenvalue weighted by atomic mass is 16.4. The molecular formula is C20H38N4O4. The van der Waals surface area contributed by atoms with Gasteiger partial charge in [-0.25, -0.2) is 4.79 Å². The zero-order valence-corrected chi connectivity index (χ0v) is 18.4. The monoisotopic (exact) mass is 398 g/mol. The predicted octanol–water partition coefficient (Wildman–Crippen LogP) is 0.769. The third kappa shape index (κ3) is 7.05. The number of carbonyl (C=O) groups is 3. The molecule has 0 aromatic heterocycles. The van der Waals surface area contributed by atoms with Crippen molar-refractivity contribution in [3.05, 3.63) is 0 Å². The smallest absolute Gasteiger partial charge is 0.327 e. The Bertz CT molecular complexity index is 559. The molecule has 1 fully saturated rings. The number of carbonyl (C=O) groups excluding carboxylic acids is 2. The van der Waals surface area contributed by atoms with E-state index >= 15 is 0 Å². The summed E-state index contributed by atoms with van der Waals surface area (Å²) in [6, 6.07) is -2.08. The third-order valence-electron chi connectivity index (χ3n) is 5.27. The van der Waals surface area contributed by atoms with E-state index in [2.05, 4.69) is 36.3 Å². The fourth-order valence-corrected chi connectivity index (χ4v) is 3.11. The van der Waals surface area contributed by atoms with Crippen LogP contribution in [0.1, 0.15) is 48.0 Å². The van der Waals surface area contributed by atoms with Crippen molar-refractivity contribution in [2.75, 3.05) is 33.2 Å². The number of hydrogen-bond donors (Lipinski definition) is 3. The van der Waals surface area contributed by atoms with E-state index in [1.54, 1.807) is 14.0 Å². The fourth-order valence-electron chi connectivity index (χ4n) is 3.11. The first-order valence-corrected chi connectivity index (χ1v) is 10.1. The summed E-state index contributed by atoms with van der Waals surface area (Å²) in [5.74, 6) is -1.75. The molecule has 0 unspecified atom stereocenters. The van der Waals surface area contributed by atoms with E-state index in [0.717, 1.165) is 13.0 Å². The Balaban J connectivity index is 2.88. The van der Waals surface area contributed by atoms with Crippen LogP contribution in [0.4, 0.5) is 0 Å². The first-order valence-electron chi connectivity index (χ1n) is 10.1. The molecule has 28 heavy (non-hydrogen) atoms. The Morgan fingerprint density at radius 3 is 2.21 bits per heavy atom. The van der Waals surface area contributed by atoms with Crippen molar-refractivity contribution in [3.63, 3.8) is 0 Å². The molecule has 0 aliphatic carbocycles. The molecular weight excluding hydrogens is 360 g/mol. The number of aliphatic carboxylic acids is 1. The molecule has 0 aromatic carbocycles. The lowest BCUT2D eigenvalue weighted by Gasteiger charge is -2.42. The summed E-state index contributed by atoms with van der Waals surface area (Å²) < 4.78 is 0. The van der Waals surface area contributed by atoms with Gasteiger partial charge in [-0.2, -0.15) is 0 Å². The predicted molar refractivity (Wildman–Crippen MR) is 109 cm³/mol. The summed E-state index contributed by atoms with van der Waals surface area (Å²) in [4.78, 5) is 40.8. The minimum Gasteiger partial charge on any atom is -0.480 e. The molecule has 1 rings (SSSR count). The number of amides is 2. The maximum Gasteiger partial charge on any atom is 0.327 e. The molecule has 1 aliphatic rings. The lowest BCUT2D eigenvalue weighted by atomic mass is 9.92. The third-order valence-corrected chi connectivity index (χ3v) is 5.27. The van der Waals surface area contributed by atoms with E-state index in [0.29, 0.717) is 19.6 Å². The van der Waals surface area contributed by atoms with E-state index in [-0.39, 0.29) is 23.1 Å². The average molecular weight is 399 g/mol. The zero-order chi connectivity index (χ0) is 21.6. The molecule has 0 radical (unpaired) electrons. The minimum absolute atomic E-state index is 0.145. The summed E-state index contributed by atoms with van der Waals surface area (Å²) in [6.07, 6.45) is 0.958. The van der Waals surface area contributed by atoms with Gasteiger partial charge in [-0.1, -0.05) is 34.6 Å². The molecule has 0 spiro atoms. The molecule has 1 saturated heterocycles. The lowest BCUT2D eigenvalue weighted by Crippen LogP contribution is -2.63. The molecule has 2 amide bonds. The maximum absolute atomic E-state index is 13.1. The minimum atomic E-state index is -1.01. The SMILES string of the molecule is CN[C@@H](C)C(=O)N[C@H](C(=O)N1CCN(CCC(C)(C)C)C[C@H]1C(=O)O)C(C)C. The molecule has 0 aromatic rings. The second kappa shape index (κ2) is 10.2. The average Bonchev–Trinajstić information content (AvgIpc) is 2.61. The number of nitrogens with one attached hydrogen (secondary N) is 2. The van der Waals surface area contributed by atoms with Gasteiger partial charge in [0.25, 0.3) is 0 Å². The van der Waals surface area contributed by atoms with Crippen molar-refractivity contribution in [1.29, 1.82) is 0 Å². The van der Waals surface area contributed by atoms with Crippen molar-refractivity contribution < 1.29 is 19.5 Å². The Morgan fingerprint density at radius 2 is 1.75 bits per heavy atom. The fraction of sp³-hybridized carbons (Fsp3) is 0.850. The van der Waals surface area contributed by atoms with Gasteiger partial charge >= 0.3 is 5.97 Å². The number of hydrogen-bond acceptors (Lipinski definition) is 5. The zero-order valence-electron chi connectivity index (χ0n) is 18.4. The number of piperazine rings is 1. The van der Waals surface area contributed by atoms with E-state index < -0.39 is 24.1 Å². The second-order valence-corrected chi connectivity index (χ2v) is 9.24. The van der Waals surface area contributed by atoms with Gasteiger partial charge in [0.05, 0.1) is 6.04 Å². The van der Waals surface area contributed by atoms with Crippen molar-refractivity contribution in [1.82, 2.24) is 20.4 Å². The van der Waals surface area contributed by atoms with Crippen LogP contribution in [-0.2, 0) is 14.4 Å². The van der Waals surface area contributed by atoms with E-state index in [1.807, 2.05) is 13.8 Å². The van der Waals surface area contributed by atoms with Crippen LogP contribution in [0.3, 0.4) is 0 Å². The molecule has 0 saturated carbocycles. The topological polar surface area (TPSA) is 102 Å². The van der Waals surface area contributed by atoms with Crippen LogP contribution in [0.25, 0.3) is 0 Å². The Kier molecular flexibility index (Phi) is 8.88. The molecule has 3 atom stereocenters. The number of nitrogens with zero attached hydrogens (tertiary/aromatic N) is 2. The van der Waals surface area contributed by atoms with Crippen molar-refractivity contribution in [2.45, 2.75) is 66.1 Å². The first-order chi connectivity index (χ1) is 12.9. The summed E-state index contributed by atoms with van der Waals surface area (Å²) >= 11 is 0. The van der Waals surface area contributed by atoms with Crippen LogP contribution >= 0.6 is 0 Å². The Labute approximate surface area is 169 Å². The van der Waals surface area contributed by atoms with Gasteiger partial charge in [0.1, 0.15) is 12.1 Å². The Hall–Kier alpha value is -1.67. The van der Waals surface area contributed by atoms with Crippen LogP contribution in [0.5, 0.6) is 0 Å². The van der Waals surface area contributed by atoms with Gasteiger partial charge in [0.15, 0.2) is 0 Å². The van der Waals surface area contributed by atoms with Gasteiger partial charge in [0, 0.05) is 19.6 Å². The van der Waals surface area contributed by atoms with E-state index in [4.69, 9.17) is 0 Å². The summed E-state index contributed by atoms with van der Waals surface area (Å²) in [5, 5.41) is 15.3. The van der Waals surface area contributed by atoms with Gasteiger partial charge in [-0.15, -0.1) is 0 Å². The van der Waals surface area contributed by atoms with Crippen LogP contribution < -0.4 is 10.6 Å². The molecule has 1 heterocycles. The van der Waals surface area contributed by atoms with Crippen LogP contribution in [0, 0.1) is 11.3 Å². The van der Waals surface area contributed by atoms with Crippen molar-refractivity contribution in [3.8, 4) is 0 Å². The summed E-state index contributed by atoms with van der Waals surface area (Å²) in [7, 11) is 1.67.